The number of rotatable bonds is 3. The van der Waals surface area contributed by atoms with Crippen molar-refractivity contribution < 1.29 is 0 Å². The van der Waals surface area contributed by atoms with Gasteiger partial charge in [0.05, 0.1) is 22.6 Å². The fourth-order valence-electron chi connectivity index (χ4n) is 2.36. The summed E-state index contributed by atoms with van der Waals surface area (Å²) in [5.74, 6) is 0. The van der Waals surface area contributed by atoms with Crippen LogP contribution in [0.3, 0.4) is 0 Å². The normalized spacial score (nSPS) is 10.6. The number of thioether (sulfide) groups is 1. The third-order valence-electron chi connectivity index (χ3n) is 3.45. The number of hydrogen-bond donors (Lipinski definition) is 1. The summed E-state index contributed by atoms with van der Waals surface area (Å²) in [5.41, 5.74) is 4.19. The molecule has 110 valence electrons. The highest BCUT2D eigenvalue weighted by Gasteiger charge is 2.17. The molecule has 4 nitrogen and oxygen atoms in total. The van der Waals surface area contributed by atoms with Gasteiger partial charge in [0.15, 0.2) is 0 Å². The summed E-state index contributed by atoms with van der Waals surface area (Å²) in [6, 6.07) is 10.2. The van der Waals surface area contributed by atoms with Crippen molar-refractivity contribution in [1.29, 1.82) is 5.26 Å². The number of aromatic nitrogens is 2. The molecule has 1 N–H and O–H groups in total. The number of benzene rings is 1. The molecule has 2 aromatic heterocycles. The highest BCUT2D eigenvalue weighted by atomic mass is 32.2. The molecule has 2 heterocycles. The van der Waals surface area contributed by atoms with E-state index in [1.54, 1.807) is 0 Å². The molecule has 3 aromatic rings. The maximum Gasteiger partial charge on any atom is 0.116 e. The summed E-state index contributed by atoms with van der Waals surface area (Å²) in [5, 5.41) is 14.7. The zero-order valence-corrected chi connectivity index (χ0v) is 14.1. The quantitative estimate of drug-likeness (QED) is 0.710. The number of aryl methyl sites for hydroxylation is 2. The van der Waals surface area contributed by atoms with Gasteiger partial charge in [-0.1, -0.05) is 18.2 Å². The molecule has 0 saturated carbocycles. The first-order valence-corrected chi connectivity index (χ1v) is 8.72. The largest absolute Gasteiger partial charge is 0.351 e. The van der Waals surface area contributed by atoms with Gasteiger partial charge in [-0.15, -0.1) is 11.8 Å². The number of pyridine rings is 1. The molecule has 0 saturated heterocycles. The van der Waals surface area contributed by atoms with E-state index in [1.165, 1.54) is 23.3 Å². The maximum atomic E-state index is 9.60. The van der Waals surface area contributed by atoms with Gasteiger partial charge in [-0.05, 0) is 37.7 Å². The van der Waals surface area contributed by atoms with Crippen LogP contribution in [0.25, 0.3) is 10.9 Å². The van der Waals surface area contributed by atoms with Crippen LogP contribution in [0.15, 0.2) is 29.3 Å². The molecule has 0 amide bonds. The number of hydrogen-bond acceptors (Lipinski definition) is 6. The van der Waals surface area contributed by atoms with Crippen molar-refractivity contribution in [2.75, 3.05) is 11.6 Å². The van der Waals surface area contributed by atoms with Crippen LogP contribution in [0, 0.1) is 25.2 Å². The van der Waals surface area contributed by atoms with Gasteiger partial charge >= 0.3 is 0 Å². The minimum Gasteiger partial charge on any atom is -0.351 e. The summed E-state index contributed by atoms with van der Waals surface area (Å²) < 4.78 is 4.37. The van der Waals surface area contributed by atoms with Gasteiger partial charge in [-0.25, -0.2) is 4.98 Å². The lowest BCUT2D eigenvalue weighted by atomic mass is 10.1. The van der Waals surface area contributed by atoms with E-state index in [-0.39, 0.29) is 0 Å². The molecule has 0 unspecified atom stereocenters. The monoisotopic (exact) mass is 326 g/mol. The predicted octanol–water partition coefficient (Wildman–Crippen LogP) is 4.65. The standard InChI is InChI=1S/C16H14N4S2/c1-9-14(10(2)22-20-9)19-15-11-6-4-5-7-13(11)18-16(21-3)12(15)8-17/h4-7H,1-3H3,(H,18,19). The van der Waals surface area contributed by atoms with Crippen LogP contribution >= 0.6 is 23.3 Å². The highest BCUT2D eigenvalue weighted by Crippen LogP contribution is 2.36. The van der Waals surface area contributed by atoms with E-state index in [0.717, 1.165) is 37.9 Å². The van der Waals surface area contributed by atoms with Crippen LogP contribution in [0.4, 0.5) is 11.4 Å². The van der Waals surface area contributed by atoms with Crippen molar-refractivity contribution in [1.82, 2.24) is 9.36 Å². The van der Waals surface area contributed by atoms with Crippen LogP contribution in [0.5, 0.6) is 0 Å². The zero-order chi connectivity index (χ0) is 15.7. The van der Waals surface area contributed by atoms with Crippen LogP contribution in [-0.4, -0.2) is 15.6 Å². The molecular weight excluding hydrogens is 312 g/mol. The van der Waals surface area contributed by atoms with Gasteiger partial charge in [0.1, 0.15) is 16.7 Å². The Hall–Kier alpha value is -2.10. The minimum atomic E-state index is 0.580. The lowest BCUT2D eigenvalue weighted by Crippen LogP contribution is -2.00. The van der Waals surface area contributed by atoms with E-state index < -0.39 is 0 Å². The Morgan fingerprint density at radius 2 is 2.00 bits per heavy atom. The van der Waals surface area contributed by atoms with Crippen molar-refractivity contribution in [2.24, 2.45) is 0 Å². The number of nitriles is 1. The molecule has 0 aliphatic rings. The van der Waals surface area contributed by atoms with Gasteiger partial charge in [-0.2, -0.15) is 9.64 Å². The Morgan fingerprint density at radius 1 is 1.23 bits per heavy atom. The Balaban J connectivity index is 2.29. The van der Waals surface area contributed by atoms with Crippen molar-refractivity contribution in [3.8, 4) is 6.07 Å². The van der Waals surface area contributed by atoms with E-state index >= 15 is 0 Å². The van der Waals surface area contributed by atoms with Gasteiger partial charge in [0, 0.05) is 10.3 Å². The summed E-state index contributed by atoms with van der Waals surface area (Å²) >= 11 is 2.95. The molecule has 1 aromatic carbocycles. The van der Waals surface area contributed by atoms with E-state index in [2.05, 4.69) is 20.7 Å². The van der Waals surface area contributed by atoms with Gasteiger partial charge in [-0.3, -0.25) is 0 Å². The van der Waals surface area contributed by atoms with Crippen molar-refractivity contribution in [3.63, 3.8) is 0 Å². The summed E-state index contributed by atoms with van der Waals surface area (Å²) in [7, 11) is 0. The van der Waals surface area contributed by atoms with Crippen LogP contribution in [-0.2, 0) is 0 Å². The fraction of sp³-hybridized carbons (Fsp3) is 0.188. The molecule has 6 heteroatoms. The Kier molecular flexibility index (Phi) is 4.01. The second-order valence-corrected chi connectivity index (χ2v) is 6.60. The molecule has 0 atom stereocenters. The SMILES string of the molecule is CSc1nc2ccccc2c(Nc2c(C)nsc2C)c1C#N. The topological polar surface area (TPSA) is 61.6 Å². The molecular formula is C16H14N4S2. The maximum absolute atomic E-state index is 9.60. The predicted molar refractivity (Wildman–Crippen MR) is 93.1 cm³/mol. The second kappa shape index (κ2) is 5.95. The number of nitrogens with one attached hydrogen (secondary N) is 1. The fourth-order valence-corrected chi connectivity index (χ4v) is 3.55. The van der Waals surface area contributed by atoms with E-state index in [1.807, 2.05) is 44.4 Å². The first kappa shape index (κ1) is 14.8. The van der Waals surface area contributed by atoms with Crippen molar-refractivity contribution >= 4 is 45.6 Å². The summed E-state index contributed by atoms with van der Waals surface area (Å²) in [6.07, 6.45) is 1.93. The Morgan fingerprint density at radius 3 is 2.64 bits per heavy atom. The highest BCUT2D eigenvalue weighted by molar-refractivity contribution is 7.98. The zero-order valence-electron chi connectivity index (χ0n) is 12.5. The van der Waals surface area contributed by atoms with E-state index in [9.17, 15) is 5.26 Å². The third kappa shape index (κ3) is 2.43. The smallest absolute Gasteiger partial charge is 0.116 e. The first-order chi connectivity index (χ1) is 10.7. The molecule has 22 heavy (non-hydrogen) atoms. The summed E-state index contributed by atoms with van der Waals surface area (Å²) in [6.45, 7) is 3.99. The number of fused-ring (bicyclic) bond motifs is 1. The van der Waals surface area contributed by atoms with Crippen LogP contribution in [0.1, 0.15) is 16.1 Å². The van der Waals surface area contributed by atoms with E-state index in [4.69, 9.17) is 0 Å². The van der Waals surface area contributed by atoms with Gasteiger partial charge in [0.25, 0.3) is 0 Å². The lowest BCUT2D eigenvalue weighted by molar-refractivity contribution is 1.16. The van der Waals surface area contributed by atoms with E-state index in [0.29, 0.717) is 5.56 Å². The van der Waals surface area contributed by atoms with Gasteiger partial charge < -0.3 is 5.32 Å². The molecule has 0 aliphatic carbocycles. The average Bonchev–Trinajstić information content (AvgIpc) is 2.86. The lowest BCUT2D eigenvalue weighted by Gasteiger charge is -2.14. The van der Waals surface area contributed by atoms with Crippen LogP contribution in [0.2, 0.25) is 0 Å². The minimum absolute atomic E-state index is 0.580. The van der Waals surface area contributed by atoms with Crippen molar-refractivity contribution in [2.45, 2.75) is 18.9 Å². The Labute approximate surface area is 137 Å². The molecule has 0 spiro atoms. The molecule has 3 rings (SSSR count). The number of nitrogens with zero attached hydrogens (tertiary/aromatic N) is 3. The van der Waals surface area contributed by atoms with Gasteiger partial charge in [0.2, 0.25) is 0 Å². The number of anilines is 2. The Bertz CT molecular complexity index is 874. The molecule has 0 bridgehead atoms. The number of para-hydroxylation sites is 1. The first-order valence-electron chi connectivity index (χ1n) is 6.72. The van der Waals surface area contributed by atoms with Crippen molar-refractivity contribution in [3.05, 3.63) is 40.4 Å². The molecule has 0 fully saturated rings. The molecule has 0 aliphatic heterocycles. The average molecular weight is 326 g/mol. The third-order valence-corrected chi connectivity index (χ3v) is 4.97. The second-order valence-electron chi connectivity index (χ2n) is 4.82. The van der Waals surface area contributed by atoms with Crippen LogP contribution < -0.4 is 5.32 Å². The summed E-state index contributed by atoms with van der Waals surface area (Å²) in [4.78, 5) is 5.69. The molecule has 0 radical (unpaired) electrons.